The van der Waals surface area contributed by atoms with Gasteiger partial charge in [-0.05, 0) is 31.2 Å². The van der Waals surface area contributed by atoms with Crippen LogP contribution in [0.2, 0.25) is 0 Å². The molecule has 1 saturated heterocycles. The zero-order valence-corrected chi connectivity index (χ0v) is 15.0. The molecule has 4 rings (SSSR count). The fourth-order valence-corrected chi connectivity index (χ4v) is 3.54. The zero-order chi connectivity index (χ0) is 15.8. The first kappa shape index (κ1) is 16.9. The summed E-state index contributed by atoms with van der Waals surface area (Å²) >= 11 is 1.63. The predicted octanol–water partition coefficient (Wildman–Crippen LogP) is 2.82. The van der Waals surface area contributed by atoms with Gasteiger partial charge in [0.2, 0.25) is 5.95 Å². The molecular weight excluding hydrogens is 346 g/mol. The Hall–Kier alpha value is -1.90. The Kier molecular flexibility index (Phi) is 4.88. The van der Waals surface area contributed by atoms with Crippen LogP contribution in [0.3, 0.4) is 0 Å². The highest BCUT2D eigenvalue weighted by atomic mass is 35.5. The molecule has 4 heterocycles. The molecule has 1 aliphatic heterocycles. The van der Waals surface area contributed by atoms with Gasteiger partial charge in [0.1, 0.15) is 10.6 Å². The molecule has 4 N–H and O–H groups in total. The molecule has 0 radical (unpaired) electrons. The quantitative estimate of drug-likeness (QED) is 0.660. The summed E-state index contributed by atoms with van der Waals surface area (Å²) in [7, 11) is 0. The molecule has 3 aromatic heterocycles. The van der Waals surface area contributed by atoms with E-state index in [4.69, 9.17) is 15.7 Å². The third kappa shape index (κ3) is 3.31. The monoisotopic (exact) mass is 365 g/mol. The lowest BCUT2D eigenvalue weighted by Gasteiger charge is -2.30. The second kappa shape index (κ2) is 6.92. The number of aryl methyl sites for hydroxylation is 1. The molecular formula is C15H20ClN7S. The first-order valence-electron chi connectivity index (χ1n) is 7.74. The molecule has 0 atom stereocenters. The number of aromatic nitrogens is 4. The minimum absolute atomic E-state index is 0. The van der Waals surface area contributed by atoms with Crippen molar-refractivity contribution in [3.05, 3.63) is 23.2 Å². The van der Waals surface area contributed by atoms with Crippen LogP contribution in [0.15, 0.2) is 17.5 Å². The fourth-order valence-electron chi connectivity index (χ4n) is 2.78. The molecule has 1 fully saturated rings. The van der Waals surface area contributed by atoms with Crippen LogP contribution in [0.1, 0.15) is 18.5 Å². The van der Waals surface area contributed by atoms with Crippen LogP contribution in [0.5, 0.6) is 0 Å². The van der Waals surface area contributed by atoms with Crippen molar-refractivity contribution in [1.82, 2.24) is 20.2 Å². The summed E-state index contributed by atoms with van der Waals surface area (Å²) in [4.78, 5) is 12.7. The van der Waals surface area contributed by atoms with Crippen LogP contribution < -0.4 is 16.0 Å². The first-order chi connectivity index (χ1) is 11.2. The molecule has 1 aliphatic rings. The van der Waals surface area contributed by atoms with E-state index in [0.717, 1.165) is 59.4 Å². The van der Waals surface area contributed by atoms with Crippen molar-refractivity contribution < 1.29 is 0 Å². The van der Waals surface area contributed by atoms with E-state index in [1.807, 2.05) is 24.4 Å². The number of hydrogen-bond acceptors (Lipinski definition) is 7. The maximum absolute atomic E-state index is 5.99. The standard InChI is InChI=1S/C15H19N7S.ClH/c1-9-8-12(21-20-9)17-13-11-4-7-23-14(11)19-15(18-13)22-5-2-10(16)3-6-22;/h4,7-8,10H,2-3,5-6,16H2,1H3,(H2,17,18,19,20,21);1H. The Bertz CT molecular complexity index is 822. The van der Waals surface area contributed by atoms with Crippen LogP contribution in [0.4, 0.5) is 17.6 Å². The number of thiophene rings is 1. The van der Waals surface area contributed by atoms with E-state index in [2.05, 4.69) is 20.4 Å². The third-order valence-electron chi connectivity index (χ3n) is 4.09. The second-order valence-corrected chi connectivity index (χ2v) is 6.79. The predicted molar refractivity (Wildman–Crippen MR) is 101 cm³/mol. The smallest absolute Gasteiger partial charge is 0.228 e. The van der Waals surface area contributed by atoms with Crippen molar-refractivity contribution in [1.29, 1.82) is 0 Å². The highest BCUT2D eigenvalue weighted by Gasteiger charge is 2.20. The molecule has 9 heteroatoms. The lowest BCUT2D eigenvalue weighted by Crippen LogP contribution is -2.40. The summed E-state index contributed by atoms with van der Waals surface area (Å²) < 4.78 is 0. The fraction of sp³-hybridized carbons (Fsp3) is 0.400. The maximum Gasteiger partial charge on any atom is 0.228 e. The molecule has 0 saturated carbocycles. The number of nitrogens with zero attached hydrogens (tertiary/aromatic N) is 4. The highest BCUT2D eigenvalue weighted by molar-refractivity contribution is 7.16. The van der Waals surface area contributed by atoms with Gasteiger partial charge in [-0.3, -0.25) is 5.10 Å². The average molecular weight is 366 g/mol. The van der Waals surface area contributed by atoms with Gasteiger partial charge in [-0.15, -0.1) is 23.7 Å². The van der Waals surface area contributed by atoms with E-state index in [9.17, 15) is 0 Å². The Morgan fingerprint density at radius 3 is 2.83 bits per heavy atom. The van der Waals surface area contributed by atoms with Crippen LogP contribution in [0.25, 0.3) is 10.2 Å². The largest absolute Gasteiger partial charge is 0.341 e. The topological polar surface area (TPSA) is 95.8 Å². The highest BCUT2D eigenvalue weighted by Crippen LogP contribution is 2.30. The molecule has 0 bridgehead atoms. The lowest BCUT2D eigenvalue weighted by molar-refractivity contribution is 0.496. The number of fused-ring (bicyclic) bond motifs is 1. The molecule has 128 valence electrons. The minimum Gasteiger partial charge on any atom is -0.341 e. The second-order valence-electron chi connectivity index (χ2n) is 5.90. The van der Waals surface area contributed by atoms with Gasteiger partial charge in [0.15, 0.2) is 5.82 Å². The Labute approximate surface area is 150 Å². The Balaban J connectivity index is 0.00000169. The first-order valence-corrected chi connectivity index (χ1v) is 8.62. The van der Waals surface area contributed by atoms with Crippen molar-refractivity contribution in [2.24, 2.45) is 5.73 Å². The van der Waals surface area contributed by atoms with Crippen molar-refractivity contribution in [3.63, 3.8) is 0 Å². The number of halogens is 1. The van der Waals surface area contributed by atoms with Gasteiger partial charge in [-0.2, -0.15) is 10.1 Å². The van der Waals surface area contributed by atoms with E-state index >= 15 is 0 Å². The molecule has 3 aromatic rings. The molecule has 24 heavy (non-hydrogen) atoms. The van der Waals surface area contributed by atoms with E-state index in [0.29, 0.717) is 6.04 Å². The number of piperidine rings is 1. The number of rotatable bonds is 3. The third-order valence-corrected chi connectivity index (χ3v) is 4.89. The molecule has 0 amide bonds. The lowest BCUT2D eigenvalue weighted by atomic mass is 10.1. The minimum atomic E-state index is 0. The normalized spacial score (nSPS) is 15.5. The van der Waals surface area contributed by atoms with E-state index in [1.165, 1.54) is 0 Å². The van der Waals surface area contributed by atoms with Gasteiger partial charge in [-0.25, -0.2) is 4.98 Å². The van der Waals surface area contributed by atoms with Crippen molar-refractivity contribution in [3.8, 4) is 0 Å². The average Bonchev–Trinajstić information content (AvgIpc) is 3.17. The van der Waals surface area contributed by atoms with Gasteiger partial charge in [0.05, 0.1) is 5.39 Å². The molecule has 0 unspecified atom stereocenters. The van der Waals surface area contributed by atoms with Gasteiger partial charge in [0.25, 0.3) is 0 Å². The van der Waals surface area contributed by atoms with E-state index in [1.54, 1.807) is 11.3 Å². The number of nitrogens with two attached hydrogens (primary N) is 1. The van der Waals surface area contributed by atoms with Gasteiger partial charge >= 0.3 is 0 Å². The van der Waals surface area contributed by atoms with Gasteiger partial charge < -0.3 is 16.0 Å². The Morgan fingerprint density at radius 2 is 2.12 bits per heavy atom. The number of anilines is 3. The molecule has 0 spiro atoms. The summed E-state index contributed by atoms with van der Waals surface area (Å²) in [5.74, 6) is 2.33. The molecule has 0 aliphatic carbocycles. The molecule has 0 aromatic carbocycles. The summed E-state index contributed by atoms with van der Waals surface area (Å²) in [5, 5.41) is 13.5. The maximum atomic E-state index is 5.99. The SMILES string of the molecule is Cc1cc(Nc2nc(N3CCC(N)CC3)nc3sccc23)n[nH]1.Cl. The van der Waals surface area contributed by atoms with Crippen LogP contribution in [0, 0.1) is 6.92 Å². The number of aromatic amines is 1. The van der Waals surface area contributed by atoms with Crippen molar-refractivity contribution in [2.75, 3.05) is 23.3 Å². The van der Waals surface area contributed by atoms with Gasteiger partial charge in [0, 0.05) is 30.9 Å². The molecule has 7 nitrogen and oxygen atoms in total. The van der Waals surface area contributed by atoms with Gasteiger partial charge in [-0.1, -0.05) is 0 Å². The van der Waals surface area contributed by atoms with Crippen molar-refractivity contribution >= 4 is 51.5 Å². The van der Waals surface area contributed by atoms with Crippen LogP contribution >= 0.6 is 23.7 Å². The number of hydrogen-bond donors (Lipinski definition) is 3. The summed E-state index contributed by atoms with van der Waals surface area (Å²) in [6.45, 7) is 3.78. The van der Waals surface area contributed by atoms with Crippen LogP contribution in [-0.4, -0.2) is 39.3 Å². The van der Waals surface area contributed by atoms with E-state index in [-0.39, 0.29) is 12.4 Å². The zero-order valence-electron chi connectivity index (χ0n) is 13.3. The van der Waals surface area contributed by atoms with Crippen molar-refractivity contribution in [2.45, 2.75) is 25.8 Å². The van der Waals surface area contributed by atoms with Crippen LogP contribution in [-0.2, 0) is 0 Å². The summed E-state index contributed by atoms with van der Waals surface area (Å²) in [6.07, 6.45) is 1.96. The summed E-state index contributed by atoms with van der Waals surface area (Å²) in [5.41, 5.74) is 7.00. The summed E-state index contributed by atoms with van der Waals surface area (Å²) in [6, 6.07) is 4.29. The Morgan fingerprint density at radius 1 is 1.33 bits per heavy atom. The number of H-pyrrole nitrogens is 1. The van der Waals surface area contributed by atoms with E-state index < -0.39 is 0 Å². The number of nitrogens with one attached hydrogen (secondary N) is 2.